The monoisotopic (exact) mass is 332 g/mol. The Morgan fingerprint density at radius 3 is 1.81 bits per heavy atom. The van der Waals surface area contributed by atoms with E-state index in [1.165, 1.54) is 49.3 Å². The van der Waals surface area contributed by atoms with Crippen molar-refractivity contribution in [3.63, 3.8) is 0 Å². The molecular formula is C24H16N2. The number of H-pyrrole nitrogens is 1. The summed E-state index contributed by atoms with van der Waals surface area (Å²) in [6.45, 7) is 0. The van der Waals surface area contributed by atoms with Gasteiger partial charge < -0.3 is 9.55 Å². The predicted octanol–water partition coefficient (Wildman–Crippen LogP) is 6.42. The predicted molar refractivity (Wildman–Crippen MR) is 110 cm³/mol. The lowest BCUT2D eigenvalue weighted by molar-refractivity contribution is 1.20. The van der Waals surface area contributed by atoms with Crippen LogP contribution in [-0.2, 0) is 0 Å². The Hall–Kier alpha value is -3.52. The van der Waals surface area contributed by atoms with Crippen LogP contribution in [0.25, 0.3) is 49.3 Å². The van der Waals surface area contributed by atoms with E-state index in [2.05, 4.69) is 101 Å². The Bertz CT molecular complexity index is 1380. The van der Waals surface area contributed by atoms with Gasteiger partial charge in [-0.15, -0.1) is 0 Å². The van der Waals surface area contributed by atoms with E-state index in [0.717, 1.165) is 0 Å². The van der Waals surface area contributed by atoms with Crippen molar-refractivity contribution in [2.24, 2.45) is 0 Å². The average molecular weight is 332 g/mol. The minimum atomic E-state index is 1.17. The first kappa shape index (κ1) is 13.7. The summed E-state index contributed by atoms with van der Waals surface area (Å²) in [7, 11) is 0. The molecular weight excluding hydrogens is 316 g/mol. The molecule has 2 heterocycles. The van der Waals surface area contributed by atoms with Crippen LogP contribution in [0.5, 0.6) is 0 Å². The highest BCUT2D eigenvalue weighted by atomic mass is 15.0. The minimum absolute atomic E-state index is 1.17. The third kappa shape index (κ3) is 1.71. The van der Waals surface area contributed by atoms with Gasteiger partial charge in [0, 0.05) is 32.6 Å². The summed E-state index contributed by atoms with van der Waals surface area (Å²) < 4.78 is 2.40. The first-order valence-electron chi connectivity index (χ1n) is 8.90. The lowest BCUT2D eigenvalue weighted by Crippen LogP contribution is -1.94. The summed E-state index contributed by atoms with van der Waals surface area (Å²) in [4.78, 5) is 3.56. The van der Waals surface area contributed by atoms with E-state index >= 15 is 0 Å². The Morgan fingerprint density at radius 2 is 1.08 bits per heavy atom. The van der Waals surface area contributed by atoms with E-state index in [9.17, 15) is 0 Å². The van der Waals surface area contributed by atoms with Crippen molar-refractivity contribution in [1.29, 1.82) is 0 Å². The minimum Gasteiger partial charge on any atom is -0.354 e. The van der Waals surface area contributed by atoms with Crippen molar-refractivity contribution in [1.82, 2.24) is 9.55 Å². The SMILES string of the molecule is c1ccc2c(c1)[nH]c1cccc(-n3c4ccccc4c4ccccc43)c12. The van der Waals surface area contributed by atoms with E-state index < -0.39 is 0 Å². The van der Waals surface area contributed by atoms with E-state index in [-0.39, 0.29) is 0 Å². The first-order chi connectivity index (χ1) is 12.9. The van der Waals surface area contributed by atoms with E-state index in [4.69, 9.17) is 0 Å². The lowest BCUT2D eigenvalue weighted by atomic mass is 10.1. The van der Waals surface area contributed by atoms with Crippen molar-refractivity contribution >= 4 is 43.6 Å². The molecule has 0 fully saturated rings. The highest BCUT2D eigenvalue weighted by Gasteiger charge is 2.15. The summed E-state index contributed by atoms with van der Waals surface area (Å²) in [5.41, 5.74) is 6.05. The molecule has 0 atom stereocenters. The van der Waals surface area contributed by atoms with Gasteiger partial charge in [0.2, 0.25) is 0 Å². The molecule has 6 aromatic rings. The van der Waals surface area contributed by atoms with Crippen molar-refractivity contribution in [2.45, 2.75) is 0 Å². The normalized spacial score (nSPS) is 11.8. The highest BCUT2D eigenvalue weighted by Crippen LogP contribution is 2.36. The Balaban J connectivity index is 1.87. The number of para-hydroxylation sites is 3. The molecule has 0 amide bonds. The smallest absolute Gasteiger partial charge is 0.0562 e. The van der Waals surface area contributed by atoms with Crippen LogP contribution in [0, 0.1) is 0 Å². The molecule has 0 unspecified atom stereocenters. The number of aromatic nitrogens is 2. The molecule has 1 N–H and O–H groups in total. The maximum Gasteiger partial charge on any atom is 0.0562 e. The van der Waals surface area contributed by atoms with Gasteiger partial charge in [-0.3, -0.25) is 0 Å². The molecule has 0 bridgehead atoms. The van der Waals surface area contributed by atoms with Crippen LogP contribution in [0.1, 0.15) is 0 Å². The van der Waals surface area contributed by atoms with Gasteiger partial charge in [-0.25, -0.2) is 0 Å². The number of benzene rings is 4. The van der Waals surface area contributed by atoms with E-state index in [1.54, 1.807) is 0 Å². The maximum absolute atomic E-state index is 3.56. The second kappa shape index (κ2) is 4.99. The number of fused-ring (bicyclic) bond motifs is 6. The van der Waals surface area contributed by atoms with E-state index in [0.29, 0.717) is 0 Å². The van der Waals surface area contributed by atoms with Crippen LogP contribution in [0.15, 0.2) is 91.0 Å². The molecule has 0 saturated carbocycles. The van der Waals surface area contributed by atoms with Gasteiger partial charge in [-0.2, -0.15) is 0 Å². The summed E-state index contributed by atoms with van der Waals surface area (Å²) in [6.07, 6.45) is 0. The number of nitrogens with zero attached hydrogens (tertiary/aromatic N) is 1. The van der Waals surface area contributed by atoms with Gasteiger partial charge in [0.15, 0.2) is 0 Å². The van der Waals surface area contributed by atoms with Gasteiger partial charge in [0.1, 0.15) is 0 Å². The van der Waals surface area contributed by atoms with Crippen LogP contribution in [0.2, 0.25) is 0 Å². The largest absolute Gasteiger partial charge is 0.354 e. The summed E-state index contributed by atoms with van der Waals surface area (Å²) in [5, 5.41) is 5.12. The van der Waals surface area contributed by atoms with Crippen LogP contribution in [0.4, 0.5) is 0 Å². The molecule has 2 aromatic heterocycles. The summed E-state index contributed by atoms with van der Waals surface area (Å²) >= 11 is 0. The molecule has 0 aliphatic rings. The fourth-order valence-electron chi connectivity index (χ4n) is 4.25. The average Bonchev–Trinajstić information content (AvgIpc) is 3.24. The third-order valence-electron chi connectivity index (χ3n) is 5.33. The lowest BCUT2D eigenvalue weighted by Gasteiger charge is -2.10. The zero-order valence-electron chi connectivity index (χ0n) is 14.1. The molecule has 6 rings (SSSR count). The topological polar surface area (TPSA) is 20.7 Å². The molecule has 0 aliphatic carbocycles. The number of hydrogen-bond acceptors (Lipinski definition) is 0. The van der Waals surface area contributed by atoms with Crippen molar-refractivity contribution in [2.75, 3.05) is 0 Å². The number of rotatable bonds is 1. The van der Waals surface area contributed by atoms with E-state index in [1.807, 2.05) is 0 Å². The number of hydrogen-bond donors (Lipinski definition) is 1. The number of nitrogens with one attached hydrogen (secondary N) is 1. The van der Waals surface area contributed by atoms with Gasteiger partial charge >= 0.3 is 0 Å². The Labute approximate surface area is 150 Å². The molecule has 0 aliphatic heterocycles. The molecule has 26 heavy (non-hydrogen) atoms. The molecule has 4 aromatic carbocycles. The molecule has 0 radical (unpaired) electrons. The van der Waals surface area contributed by atoms with Crippen LogP contribution in [-0.4, -0.2) is 9.55 Å². The van der Waals surface area contributed by atoms with Gasteiger partial charge in [0.05, 0.1) is 16.7 Å². The quantitative estimate of drug-likeness (QED) is 0.359. The fourth-order valence-corrected chi connectivity index (χ4v) is 4.25. The van der Waals surface area contributed by atoms with Crippen LogP contribution >= 0.6 is 0 Å². The fraction of sp³-hybridized carbons (Fsp3) is 0. The van der Waals surface area contributed by atoms with Gasteiger partial charge in [0.25, 0.3) is 0 Å². The second-order valence-corrected chi connectivity index (χ2v) is 6.74. The summed E-state index contributed by atoms with van der Waals surface area (Å²) in [5.74, 6) is 0. The van der Waals surface area contributed by atoms with Gasteiger partial charge in [-0.05, 0) is 30.3 Å². The molecule has 2 heteroatoms. The first-order valence-corrected chi connectivity index (χ1v) is 8.90. The van der Waals surface area contributed by atoms with Gasteiger partial charge in [-0.1, -0.05) is 60.7 Å². The highest BCUT2D eigenvalue weighted by molar-refractivity contribution is 6.15. The van der Waals surface area contributed by atoms with Crippen molar-refractivity contribution in [3.8, 4) is 5.69 Å². The molecule has 0 spiro atoms. The van der Waals surface area contributed by atoms with Crippen molar-refractivity contribution < 1.29 is 0 Å². The zero-order valence-corrected chi connectivity index (χ0v) is 14.1. The van der Waals surface area contributed by atoms with Crippen LogP contribution < -0.4 is 0 Å². The van der Waals surface area contributed by atoms with Crippen molar-refractivity contribution in [3.05, 3.63) is 91.0 Å². The molecule has 0 saturated heterocycles. The third-order valence-corrected chi connectivity index (χ3v) is 5.33. The molecule has 122 valence electrons. The number of aromatic amines is 1. The summed E-state index contributed by atoms with van der Waals surface area (Å²) in [6, 6.07) is 32.4. The van der Waals surface area contributed by atoms with Crippen LogP contribution in [0.3, 0.4) is 0 Å². The Kier molecular flexibility index (Phi) is 2.64. The standard InChI is InChI=1S/C24H16N2/c1-4-11-19-18(10-1)24-20(25-19)12-7-15-23(24)26-21-13-5-2-8-16(21)17-9-3-6-14-22(17)26/h1-15,25H. The maximum atomic E-state index is 3.56. The zero-order chi connectivity index (χ0) is 17.1. The second-order valence-electron chi connectivity index (χ2n) is 6.74. The molecule has 2 nitrogen and oxygen atoms in total. The Morgan fingerprint density at radius 1 is 0.500 bits per heavy atom.